The van der Waals surface area contributed by atoms with Crippen molar-refractivity contribution in [1.29, 1.82) is 0 Å². The first-order chi connectivity index (χ1) is 12.9. The zero-order valence-electron chi connectivity index (χ0n) is 14.7. The number of carboxylic acid groups (broad SMARTS) is 1. The quantitative estimate of drug-likeness (QED) is 0.781. The summed E-state index contributed by atoms with van der Waals surface area (Å²) < 4.78 is 27.5. The number of rotatable bonds is 6. The van der Waals surface area contributed by atoms with E-state index in [1.807, 2.05) is 0 Å². The molecule has 1 saturated heterocycles. The SMILES string of the molecule is CCn1c(COC2CCCCO2)nn(-c2cc(O)c(C(=O)O)cc2F)c1=O. The summed E-state index contributed by atoms with van der Waals surface area (Å²) >= 11 is 0. The average molecular weight is 381 g/mol. The number of phenols is 1. The summed E-state index contributed by atoms with van der Waals surface area (Å²) in [6.45, 7) is 2.63. The molecule has 1 aliphatic heterocycles. The standard InChI is InChI=1S/C17H20FN3O6/c1-2-20-14(9-27-15-5-3-4-6-26-15)19-21(17(20)25)12-8-13(22)10(16(23)24)7-11(12)18/h7-8,15,22H,2-6,9H2,1H3,(H,23,24). The number of halogens is 1. The number of ether oxygens (including phenoxy) is 2. The molecule has 3 rings (SSSR count). The smallest absolute Gasteiger partial charge is 0.350 e. The Kier molecular flexibility index (Phi) is 5.57. The van der Waals surface area contributed by atoms with Gasteiger partial charge >= 0.3 is 11.7 Å². The van der Waals surface area contributed by atoms with Gasteiger partial charge in [-0.05, 0) is 32.3 Å². The van der Waals surface area contributed by atoms with Crippen molar-refractivity contribution in [1.82, 2.24) is 14.3 Å². The fraction of sp³-hybridized carbons (Fsp3) is 0.471. The van der Waals surface area contributed by atoms with Gasteiger partial charge in [0.2, 0.25) is 0 Å². The van der Waals surface area contributed by atoms with E-state index >= 15 is 0 Å². The van der Waals surface area contributed by atoms with Crippen molar-refractivity contribution in [3.63, 3.8) is 0 Å². The number of nitrogens with zero attached hydrogens (tertiary/aromatic N) is 3. The molecular weight excluding hydrogens is 361 g/mol. The molecule has 1 aromatic heterocycles. The lowest BCUT2D eigenvalue weighted by molar-refractivity contribution is -0.170. The molecular formula is C17H20FN3O6. The van der Waals surface area contributed by atoms with Gasteiger partial charge in [-0.25, -0.2) is 14.0 Å². The van der Waals surface area contributed by atoms with Gasteiger partial charge in [-0.1, -0.05) is 0 Å². The van der Waals surface area contributed by atoms with Crippen LogP contribution in [0.3, 0.4) is 0 Å². The second-order valence-electron chi connectivity index (χ2n) is 6.09. The van der Waals surface area contributed by atoms with Crippen LogP contribution in [0.25, 0.3) is 5.69 Å². The van der Waals surface area contributed by atoms with Crippen LogP contribution in [0.4, 0.5) is 4.39 Å². The summed E-state index contributed by atoms with van der Waals surface area (Å²) in [5.74, 6) is -2.86. The van der Waals surface area contributed by atoms with E-state index < -0.39 is 28.8 Å². The Morgan fingerprint density at radius 1 is 1.44 bits per heavy atom. The fourth-order valence-corrected chi connectivity index (χ4v) is 2.91. The topological polar surface area (TPSA) is 116 Å². The van der Waals surface area contributed by atoms with Crippen LogP contribution in [0, 0.1) is 5.82 Å². The van der Waals surface area contributed by atoms with E-state index in [0.717, 1.165) is 30.0 Å². The van der Waals surface area contributed by atoms with Crippen molar-refractivity contribution in [2.24, 2.45) is 0 Å². The molecule has 27 heavy (non-hydrogen) atoms. The lowest BCUT2D eigenvalue weighted by Crippen LogP contribution is -2.25. The summed E-state index contributed by atoms with van der Waals surface area (Å²) in [6, 6.07) is 1.51. The van der Waals surface area contributed by atoms with Crippen LogP contribution in [0.2, 0.25) is 0 Å². The van der Waals surface area contributed by atoms with Gasteiger partial charge < -0.3 is 19.7 Å². The van der Waals surface area contributed by atoms with Crippen molar-refractivity contribution < 1.29 is 28.9 Å². The molecule has 0 spiro atoms. The summed E-state index contributed by atoms with van der Waals surface area (Å²) in [4.78, 5) is 23.6. The summed E-state index contributed by atoms with van der Waals surface area (Å²) in [6.07, 6.45) is 2.33. The molecule has 146 valence electrons. The Morgan fingerprint density at radius 3 is 2.85 bits per heavy atom. The highest BCUT2D eigenvalue weighted by Gasteiger charge is 2.22. The van der Waals surface area contributed by atoms with Crippen molar-refractivity contribution in [3.05, 3.63) is 39.8 Å². The maximum Gasteiger partial charge on any atom is 0.350 e. The van der Waals surface area contributed by atoms with Gasteiger partial charge in [-0.15, -0.1) is 5.10 Å². The number of carbonyl (C=O) groups is 1. The third kappa shape index (κ3) is 3.86. The molecule has 0 amide bonds. The van der Waals surface area contributed by atoms with Crippen LogP contribution in [0.15, 0.2) is 16.9 Å². The first kappa shape index (κ1) is 19.1. The number of hydrogen-bond donors (Lipinski definition) is 2. The van der Waals surface area contributed by atoms with E-state index in [-0.39, 0.29) is 31.0 Å². The minimum Gasteiger partial charge on any atom is -0.507 e. The zero-order valence-corrected chi connectivity index (χ0v) is 14.7. The molecule has 2 aromatic rings. The Balaban J connectivity index is 1.92. The molecule has 1 aliphatic rings. The second kappa shape index (κ2) is 7.89. The van der Waals surface area contributed by atoms with Crippen LogP contribution < -0.4 is 5.69 Å². The van der Waals surface area contributed by atoms with E-state index in [2.05, 4.69) is 5.10 Å². The lowest BCUT2D eigenvalue weighted by Gasteiger charge is -2.22. The molecule has 1 atom stereocenters. The minimum absolute atomic E-state index is 0.00154. The summed E-state index contributed by atoms with van der Waals surface area (Å²) in [7, 11) is 0. The molecule has 9 nitrogen and oxygen atoms in total. The number of aromatic carboxylic acids is 1. The highest BCUT2D eigenvalue weighted by molar-refractivity contribution is 5.91. The van der Waals surface area contributed by atoms with Gasteiger partial charge in [-0.2, -0.15) is 4.68 Å². The van der Waals surface area contributed by atoms with E-state index in [9.17, 15) is 19.1 Å². The van der Waals surface area contributed by atoms with Gasteiger partial charge in [0.15, 0.2) is 12.1 Å². The van der Waals surface area contributed by atoms with Gasteiger partial charge in [0.1, 0.15) is 29.4 Å². The van der Waals surface area contributed by atoms with Gasteiger partial charge in [0.25, 0.3) is 0 Å². The summed E-state index contributed by atoms with van der Waals surface area (Å²) in [5, 5.41) is 22.8. The van der Waals surface area contributed by atoms with Gasteiger partial charge in [0, 0.05) is 19.2 Å². The molecule has 2 heterocycles. The largest absolute Gasteiger partial charge is 0.507 e. The van der Waals surface area contributed by atoms with Crippen molar-refractivity contribution in [2.75, 3.05) is 6.61 Å². The van der Waals surface area contributed by atoms with Gasteiger partial charge in [0.05, 0.1) is 0 Å². The Labute approximate surface area is 153 Å². The van der Waals surface area contributed by atoms with Crippen molar-refractivity contribution in [2.45, 2.75) is 45.6 Å². The number of aromatic nitrogens is 3. The molecule has 0 saturated carbocycles. The molecule has 0 aliphatic carbocycles. The second-order valence-corrected chi connectivity index (χ2v) is 6.09. The summed E-state index contributed by atoms with van der Waals surface area (Å²) in [5.41, 5.74) is -1.57. The van der Waals surface area contributed by atoms with Gasteiger partial charge in [-0.3, -0.25) is 4.57 Å². The zero-order chi connectivity index (χ0) is 19.6. The first-order valence-corrected chi connectivity index (χ1v) is 8.60. The monoisotopic (exact) mass is 381 g/mol. The minimum atomic E-state index is -1.48. The lowest BCUT2D eigenvalue weighted by atomic mass is 10.1. The molecule has 0 radical (unpaired) electrons. The van der Waals surface area contributed by atoms with E-state index in [1.54, 1.807) is 6.92 Å². The number of benzene rings is 1. The maximum atomic E-state index is 14.3. The number of carboxylic acids is 1. The molecule has 1 aromatic carbocycles. The average Bonchev–Trinajstić information content (AvgIpc) is 2.97. The normalized spacial score (nSPS) is 17.2. The van der Waals surface area contributed by atoms with Crippen LogP contribution in [-0.2, 0) is 22.6 Å². The van der Waals surface area contributed by atoms with E-state index in [4.69, 9.17) is 14.6 Å². The molecule has 10 heteroatoms. The van der Waals surface area contributed by atoms with E-state index in [0.29, 0.717) is 12.7 Å². The predicted octanol–water partition coefficient (Wildman–Crippen LogP) is 1.64. The van der Waals surface area contributed by atoms with E-state index in [1.165, 1.54) is 4.57 Å². The third-order valence-electron chi connectivity index (χ3n) is 4.32. The maximum absolute atomic E-state index is 14.3. The Bertz CT molecular complexity index is 901. The Hall–Kier alpha value is -2.72. The number of hydrogen-bond acceptors (Lipinski definition) is 6. The highest BCUT2D eigenvalue weighted by Crippen LogP contribution is 2.24. The third-order valence-corrected chi connectivity index (χ3v) is 4.32. The fourth-order valence-electron chi connectivity index (χ4n) is 2.91. The van der Waals surface area contributed by atoms with Crippen molar-refractivity contribution in [3.8, 4) is 11.4 Å². The van der Waals surface area contributed by atoms with Crippen molar-refractivity contribution >= 4 is 5.97 Å². The molecule has 2 N–H and O–H groups in total. The molecule has 1 unspecified atom stereocenters. The van der Waals surface area contributed by atoms with Crippen LogP contribution in [0.5, 0.6) is 5.75 Å². The predicted molar refractivity (Wildman–Crippen MR) is 90.5 cm³/mol. The van der Waals surface area contributed by atoms with Crippen LogP contribution in [-0.4, -0.2) is 43.4 Å². The molecule has 0 bridgehead atoms. The Morgan fingerprint density at radius 2 is 2.22 bits per heavy atom. The highest BCUT2D eigenvalue weighted by atomic mass is 19.1. The molecule has 1 fully saturated rings. The first-order valence-electron chi connectivity index (χ1n) is 8.60. The van der Waals surface area contributed by atoms with Crippen LogP contribution >= 0.6 is 0 Å². The van der Waals surface area contributed by atoms with Crippen LogP contribution in [0.1, 0.15) is 42.4 Å². The number of aromatic hydroxyl groups is 1.